The Labute approximate surface area is 126 Å². The molecule has 0 aliphatic heterocycles. The van der Waals surface area contributed by atoms with Crippen LogP contribution >= 0.6 is 54.0 Å². The van der Waals surface area contributed by atoms with Gasteiger partial charge in [-0.1, -0.05) is 11.3 Å². The molecule has 10 heteroatoms. The summed E-state index contributed by atoms with van der Waals surface area (Å²) < 4.78 is 18.4. The Morgan fingerprint density at radius 2 is 2.22 bits per heavy atom. The Balaban J connectivity index is 2.50. The first kappa shape index (κ1) is 14.4. The molecule has 0 aliphatic rings. The highest BCUT2D eigenvalue weighted by molar-refractivity contribution is 14.1. The lowest BCUT2D eigenvalue weighted by atomic mass is 10.3. The van der Waals surface area contributed by atoms with Crippen LogP contribution in [-0.2, 0) is 4.57 Å². The summed E-state index contributed by atoms with van der Waals surface area (Å²) in [6, 6.07) is 1.68. The van der Waals surface area contributed by atoms with Crippen LogP contribution in [0, 0.1) is 3.57 Å². The van der Waals surface area contributed by atoms with Gasteiger partial charge >= 0.3 is 0 Å². The molecule has 0 spiro atoms. The van der Waals surface area contributed by atoms with Crippen LogP contribution in [0.2, 0.25) is 0 Å². The van der Waals surface area contributed by atoms with Gasteiger partial charge in [0.05, 0.1) is 4.70 Å². The topological polar surface area (TPSA) is 117 Å². The highest BCUT2D eigenvalue weighted by atomic mass is 127. The summed E-state index contributed by atoms with van der Waals surface area (Å²) in [5.41, 5.74) is 16.8. The predicted molar refractivity (Wildman–Crippen MR) is 85.5 cm³/mol. The maximum Gasteiger partial charge on any atom is 0.242 e. The van der Waals surface area contributed by atoms with Gasteiger partial charge in [-0.05, 0) is 28.7 Å². The van der Waals surface area contributed by atoms with Gasteiger partial charge in [-0.2, -0.15) is 0 Å². The zero-order chi connectivity index (χ0) is 13.5. The molecule has 1 heterocycles. The van der Waals surface area contributed by atoms with Crippen LogP contribution in [0.4, 0.5) is 5.13 Å². The van der Waals surface area contributed by atoms with Crippen LogP contribution in [-0.4, -0.2) is 11.3 Å². The number of rotatable bonds is 3. The Bertz CT molecular complexity index is 656. The van der Waals surface area contributed by atoms with E-state index < -0.39 is 7.44 Å². The maximum atomic E-state index is 11.2. The van der Waals surface area contributed by atoms with Crippen LogP contribution < -0.4 is 21.5 Å². The fraction of sp³-hybridized carbons (Fsp3) is 0.125. The number of hydrogen-bond donors (Lipinski definition) is 4. The zero-order valence-corrected chi connectivity index (χ0v) is 13.7. The highest BCUT2D eigenvalue weighted by Crippen LogP contribution is 2.39. The Kier molecular flexibility index (Phi) is 4.10. The van der Waals surface area contributed by atoms with Crippen molar-refractivity contribution in [3.63, 3.8) is 0 Å². The van der Waals surface area contributed by atoms with Crippen LogP contribution in [0.15, 0.2) is 11.0 Å². The summed E-state index contributed by atoms with van der Waals surface area (Å²) in [6.07, 6.45) is -0.257. The third-order valence-corrected chi connectivity index (χ3v) is 5.69. The lowest BCUT2D eigenvalue weighted by Gasteiger charge is -2.11. The van der Waals surface area contributed by atoms with Gasteiger partial charge in [0.15, 0.2) is 11.5 Å². The molecule has 0 atom stereocenters. The number of nitrogens with zero attached hydrogens (tertiary/aromatic N) is 1. The molecule has 0 unspecified atom stereocenters. The molecule has 98 valence electrons. The number of anilines is 1. The maximum absolute atomic E-state index is 11.2. The van der Waals surface area contributed by atoms with E-state index in [0.717, 1.165) is 13.2 Å². The van der Waals surface area contributed by atoms with Crippen molar-refractivity contribution in [3.05, 3.63) is 9.64 Å². The molecular weight excluding hydrogens is 406 g/mol. The molecule has 2 rings (SSSR count). The van der Waals surface area contributed by atoms with Gasteiger partial charge in [0.1, 0.15) is 11.3 Å². The SMILES string of the molecule is Nc1nc2c(OCP(N)(N)=O)cc(S)c(I)c2s1. The summed E-state index contributed by atoms with van der Waals surface area (Å²) in [5, 5.41) is 0.426. The summed E-state index contributed by atoms with van der Waals surface area (Å²) >= 11 is 7.83. The van der Waals surface area contributed by atoms with Crippen molar-refractivity contribution < 1.29 is 9.30 Å². The largest absolute Gasteiger partial charge is 0.481 e. The minimum absolute atomic E-state index is 0.257. The molecule has 2 aromatic rings. The fourth-order valence-electron chi connectivity index (χ4n) is 1.31. The molecule has 1 aromatic carbocycles. The molecule has 0 radical (unpaired) electrons. The van der Waals surface area contributed by atoms with Crippen molar-refractivity contribution in [2.24, 2.45) is 11.0 Å². The van der Waals surface area contributed by atoms with E-state index in [9.17, 15) is 4.57 Å². The molecule has 0 saturated carbocycles. The van der Waals surface area contributed by atoms with E-state index in [-0.39, 0.29) is 6.35 Å². The lowest BCUT2D eigenvalue weighted by Crippen LogP contribution is -2.13. The number of fused-ring (bicyclic) bond motifs is 1. The lowest BCUT2D eigenvalue weighted by molar-refractivity contribution is 0.378. The molecule has 18 heavy (non-hydrogen) atoms. The molecule has 0 amide bonds. The van der Waals surface area contributed by atoms with Gasteiger partial charge in [0.25, 0.3) is 0 Å². The summed E-state index contributed by atoms with van der Waals surface area (Å²) in [6.45, 7) is 0. The number of hydrogen-bond acceptors (Lipinski definition) is 6. The molecule has 6 nitrogen and oxygen atoms in total. The summed E-state index contributed by atoms with van der Waals surface area (Å²) in [4.78, 5) is 4.90. The average Bonchev–Trinajstić information content (AvgIpc) is 2.62. The third kappa shape index (κ3) is 3.09. The van der Waals surface area contributed by atoms with Gasteiger partial charge in [-0.25, -0.2) is 4.98 Å². The van der Waals surface area contributed by atoms with Crippen molar-refractivity contribution in [2.45, 2.75) is 4.90 Å². The van der Waals surface area contributed by atoms with Crippen molar-refractivity contribution in [2.75, 3.05) is 12.1 Å². The van der Waals surface area contributed by atoms with Gasteiger partial charge in [0.2, 0.25) is 7.44 Å². The van der Waals surface area contributed by atoms with E-state index >= 15 is 0 Å². The van der Waals surface area contributed by atoms with E-state index in [0.29, 0.717) is 16.4 Å². The Hall–Kier alpha value is -0.0600. The van der Waals surface area contributed by atoms with Gasteiger partial charge in [0, 0.05) is 8.47 Å². The second-order valence-corrected chi connectivity index (χ2v) is 8.12. The number of nitrogens with two attached hydrogens (primary N) is 3. The monoisotopic (exact) mass is 416 g/mol. The predicted octanol–water partition coefficient (Wildman–Crippen LogP) is 2.22. The Morgan fingerprint density at radius 1 is 1.56 bits per heavy atom. The van der Waals surface area contributed by atoms with Gasteiger partial charge < -0.3 is 10.5 Å². The van der Waals surface area contributed by atoms with Crippen LogP contribution in [0.3, 0.4) is 0 Å². The number of halogens is 1. The minimum Gasteiger partial charge on any atom is -0.481 e. The van der Waals surface area contributed by atoms with Crippen LogP contribution in [0.5, 0.6) is 5.75 Å². The molecule has 0 bridgehead atoms. The summed E-state index contributed by atoms with van der Waals surface area (Å²) in [5.74, 6) is 0.430. The number of aromatic nitrogens is 1. The average molecular weight is 416 g/mol. The van der Waals surface area contributed by atoms with Crippen LogP contribution in [0.1, 0.15) is 0 Å². The van der Waals surface area contributed by atoms with E-state index in [4.69, 9.17) is 21.5 Å². The minimum atomic E-state index is -3.23. The van der Waals surface area contributed by atoms with E-state index in [1.54, 1.807) is 6.07 Å². The first-order valence-electron chi connectivity index (χ1n) is 4.64. The number of nitrogen functional groups attached to an aromatic ring is 1. The molecule has 0 aliphatic carbocycles. The van der Waals surface area contributed by atoms with Crippen molar-refractivity contribution >= 4 is 69.3 Å². The normalized spacial score (nSPS) is 12.0. The van der Waals surface area contributed by atoms with E-state index in [1.807, 2.05) is 0 Å². The Morgan fingerprint density at radius 3 is 2.83 bits per heavy atom. The fourth-order valence-corrected chi connectivity index (χ4v) is 3.48. The molecule has 0 saturated heterocycles. The highest BCUT2D eigenvalue weighted by Gasteiger charge is 2.16. The molecular formula is C8H10IN4O2PS2. The number of benzene rings is 1. The van der Waals surface area contributed by atoms with Crippen molar-refractivity contribution in [1.82, 2.24) is 4.98 Å². The smallest absolute Gasteiger partial charge is 0.242 e. The second kappa shape index (κ2) is 5.14. The number of thiazole rings is 1. The molecule has 1 aromatic heterocycles. The van der Waals surface area contributed by atoms with Crippen molar-refractivity contribution in [1.29, 1.82) is 0 Å². The van der Waals surface area contributed by atoms with Gasteiger partial charge in [-0.3, -0.25) is 15.6 Å². The quantitative estimate of drug-likeness (QED) is 0.346. The zero-order valence-electron chi connectivity index (χ0n) is 8.96. The standard InChI is InChI=1S/C8H10IN4O2PS2/c9-5-4(17)1-3(15-2-16(11,12)14)6-7(5)18-8(10)13-6/h1,17H,2H2,(H2,10,13)(H4,11,12,14). The number of thiol groups is 1. The van der Waals surface area contributed by atoms with Crippen molar-refractivity contribution in [3.8, 4) is 5.75 Å². The van der Waals surface area contributed by atoms with Crippen LogP contribution in [0.25, 0.3) is 10.2 Å². The van der Waals surface area contributed by atoms with E-state index in [2.05, 4.69) is 40.2 Å². The summed E-state index contributed by atoms with van der Waals surface area (Å²) in [7, 11) is -3.23. The first-order chi connectivity index (χ1) is 8.28. The molecule has 0 fully saturated rings. The second-order valence-electron chi connectivity index (χ2n) is 3.57. The third-order valence-electron chi connectivity index (χ3n) is 1.99. The van der Waals surface area contributed by atoms with Gasteiger partial charge in [-0.15, -0.1) is 12.6 Å². The first-order valence-corrected chi connectivity index (χ1v) is 9.01. The molecule has 6 N–H and O–H groups in total. The van der Waals surface area contributed by atoms with E-state index in [1.165, 1.54) is 11.3 Å². The number of ether oxygens (including phenoxy) is 1.